The fourth-order valence-corrected chi connectivity index (χ4v) is 3.46. The smallest absolute Gasteiger partial charge is 0.257 e. The van der Waals surface area contributed by atoms with E-state index in [1.165, 1.54) is 0 Å². The third-order valence-corrected chi connectivity index (χ3v) is 5.33. The number of hydrogen-bond donors (Lipinski definition) is 3. The van der Waals surface area contributed by atoms with E-state index in [0.29, 0.717) is 29.1 Å². The second-order valence-electron chi connectivity index (χ2n) is 7.84. The number of aryl methyl sites for hydroxylation is 1. The highest BCUT2D eigenvalue weighted by atomic mass is 32.1. The molecular formula is C27H29N3O3S. The highest BCUT2D eigenvalue weighted by Gasteiger charge is 2.10. The van der Waals surface area contributed by atoms with E-state index < -0.39 is 0 Å². The van der Waals surface area contributed by atoms with Crippen LogP contribution in [0.2, 0.25) is 0 Å². The van der Waals surface area contributed by atoms with Crippen molar-refractivity contribution in [3.05, 3.63) is 89.5 Å². The average molecular weight is 476 g/mol. The largest absolute Gasteiger partial charge is 0.494 e. The Kier molecular flexibility index (Phi) is 9.17. The lowest BCUT2D eigenvalue weighted by Gasteiger charge is -2.13. The number of ether oxygens (including phenoxy) is 1. The first-order chi connectivity index (χ1) is 16.5. The van der Waals surface area contributed by atoms with Crippen LogP contribution in [0.1, 0.15) is 52.5 Å². The average Bonchev–Trinajstić information content (AvgIpc) is 2.84. The number of amides is 2. The highest BCUT2D eigenvalue weighted by Crippen LogP contribution is 2.21. The minimum Gasteiger partial charge on any atom is -0.494 e. The molecule has 0 aliphatic rings. The van der Waals surface area contributed by atoms with E-state index in [2.05, 4.69) is 22.9 Å². The Labute approximate surface area is 205 Å². The molecule has 0 fully saturated rings. The van der Waals surface area contributed by atoms with Crippen molar-refractivity contribution in [3.63, 3.8) is 0 Å². The van der Waals surface area contributed by atoms with Gasteiger partial charge in [0.1, 0.15) is 5.75 Å². The maximum Gasteiger partial charge on any atom is 0.257 e. The first-order valence-corrected chi connectivity index (χ1v) is 11.7. The lowest BCUT2D eigenvalue weighted by molar-refractivity contribution is 0.0976. The second-order valence-corrected chi connectivity index (χ2v) is 8.25. The van der Waals surface area contributed by atoms with Crippen molar-refractivity contribution in [2.75, 3.05) is 17.2 Å². The van der Waals surface area contributed by atoms with Gasteiger partial charge in [-0.3, -0.25) is 14.9 Å². The predicted octanol–water partition coefficient (Wildman–Crippen LogP) is 5.94. The van der Waals surface area contributed by atoms with E-state index >= 15 is 0 Å². The fourth-order valence-electron chi connectivity index (χ4n) is 3.25. The molecule has 0 spiro atoms. The van der Waals surface area contributed by atoms with E-state index in [-0.39, 0.29) is 16.9 Å². The lowest BCUT2D eigenvalue weighted by atomic mass is 10.1. The number of carbonyl (C=O) groups is 2. The topological polar surface area (TPSA) is 79.5 Å². The number of rotatable bonds is 9. The van der Waals surface area contributed by atoms with Crippen molar-refractivity contribution in [2.24, 2.45) is 0 Å². The molecule has 0 saturated carbocycles. The van der Waals surface area contributed by atoms with E-state index in [0.717, 1.165) is 30.6 Å². The van der Waals surface area contributed by atoms with E-state index in [9.17, 15) is 9.59 Å². The molecule has 34 heavy (non-hydrogen) atoms. The van der Waals surface area contributed by atoms with Gasteiger partial charge in [-0.05, 0) is 85.7 Å². The van der Waals surface area contributed by atoms with Gasteiger partial charge in [0.15, 0.2) is 5.11 Å². The molecule has 0 aromatic heterocycles. The minimum absolute atomic E-state index is 0.176. The Morgan fingerprint density at radius 1 is 0.853 bits per heavy atom. The van der Waals surface area contributed by atoms with Crippen LogP contribution in [-0.2, 0) is 0 Å². The van der Waals surface area contributed by atoms with E-state index in [1.807, 2.05) is 31.2 Å². The van der Waals surface area contributed by atoms with Crippen molar-refractivity contribution in [3.8, 4) is 5.75 Å². The predicted molar refractivity (Wildman–Crippen MR) is 141 cm³/mol. The van der Waals surface area contributed by atoms with Gasteiger partial charge in [-0.1, -0.05) is 38.0 Å². The first kappa shape index (κ1) is 24.9. The molecule has 3 aromatic carbocycles. The van der Waals surface area contributed by atoms with Crippen molar-refractivity contribution >= 4 is 40.5 Å². The summed E-state index contributed by atoms with van der Waals surface area (Å²) in [5, 5.41) is 8.78. The lowest BCUT2D eigenvalue weighted by Crippen LogP contribution is -2.34. The molecule has 0 atom stereocenters. The normalized spacial score (nSPS) is 10.3. The van der Waals surface area contributed by atoms with Crippen molar-refractivity contribution in [1.82, 2.24) is 5.32 Å². The molecule has 7 heteroatoms. The summed E-state index contributed by atoms with van der Waals surface area (Å²) in [4.78, 5) is 24.9. The molecule has 176 valence electrons. The standard InChI is InChI=1S/C27H29N3O3S/c1-3-4-8-17-33-23-14-11-21(12-15-23)26(32)30-27(34)28-22-13-16-24(19(2)18-22)29-25(31)20-9-6-5-7-10-20/h5-7,9-16,18H,3-4,8,17H2,1-2H3,(H,29,31)(H2,28,30,32,34). The van der Waals surface area contributed by atoms with Crippen LogP contribution < -0.4 is 20.7 Å². The molecule has 0 aliphatic heterocycles. The monoisotopic (exact) mass is 475 g/mol. The Balaban J connectivity index is 1.51. The molecule has 2 amide bonds. The number of carbonyl (C=O) groups excluding carboxylic acids is 2. The van der Waals surface area contributed by atoms with Gasteiger partial charge < -0.3 is 15.4 Å². The van der Waals surface area contributed by atoms with Crippen LogP contribution >= 0.6 is 12.2 Å². The first-order valence-electron chi connectivity index (χ1n) is 11.3. The van der Waals surface area contributed by atoms with Crippen molar-refractivity contribution in [2.45, 2.75) is 33.1 Å². The number of hydrogen-bond acceptors (Lipinski definition) is 4. The second kappa shape index (κ2) is 12.5. The van der Waals surface area contributed by atoms with Gasteiger partial charge in [-0.25, -0.2) is 0 Å². The van der Waals surface area contributed by atoms with Crippen LogP contribution in [0.4, 0.5) is 11.4 Å². The van der Waals surface area contributed by atoms with Gasteiger partial charge in [0.25, 0.3) is 11.8 Å². The van der Waals surface area contributed by atoms with Gasteiger partial charge >= 0.3 is 0 Å². The van der Waals surface area contributed by atoms with Gasteiger partial charge in [0, 0.05) is 22.5 Å². The van der Waals surface area contributed by atoms with Crippen LogP contribution in [0.3, 0.4) is 0 Å². The Morgan fingerprint density at radius 3 is 2.24 bits per heavy atom. The summed E-state index contributed by atoms with van der Waals surface area (Å²) in [6.45, 7) is 4.70. The van der Waals surface area contributed by atoms with Crippen molar-refractivity contribution in [1.29, 1.82) is 0 Å². The molecule has 0 unspecified atom stereocenters. The molecular weight excluding hydrogens is 446 g/mol. The number of anilines is 2. The molecule has 3 N–H and O–H groups in total. The van der Waals surface area contributed by atoms with Crippen LogP contribution in [0, 0.1) is 6.92 Å². The van der Waals surface area contributed by atoms with Crippen molar-refractivity contribution < 1.29 is 14.3 Å². The zero-order valence-corrected chi connectivity index (χ0v) is 20.2. The Hall–Kier alpha value is -3.71. The minimum atomic E-state index is -0.307. The summed E-state index contributed by atoms with van der Waals surface area (Å²) in [7, 11) is 0. The summed E-state index contributed by atoms with van der Waals surface area (Å²) in [6, 6.07) is 21.4. The highest BCUT2D eigenvalue weighted by molar-refractivity contribution is 7.80. The van der Waals surface area contributed by atoms with Gasteiger partial charge in [-0.2, -0.15) is 0 Å². The van der Waals surface area contributed by atoms with E-state index in [1.54, 1.807) is 48.5 Å². The summed E-state index contributed by atoms with van der Waals surface area (Å²) in [5.41, 5.74) is 3.34. The third-order valence-electron chi connectivity index (χ3n) is 5.13. The van der Waals surface area contributed by atoms with Gasteiger partial charge in [-0.15, -0.1) is 0 Å². The fraction of sp³-hybridized carbons (Fsp3) is 0.222. The summed E-state index contributed by atoms with van der Waals surface area (Å²) in [6.07, 6.45) is 3.29. The quantitative estimate of drug-likeness (QED) is 0.264. The van der Waals surface area contributed by atoms with Crippen LogP contribution in [-0.4, -0.2) is 23.5 Å². The van der Waals surface area contributed by atoms with Gasteiger partial charge in [0.2, 0.25) is 0 Å². The number of nitrogens with one attached hydrogen (secondary N) is 3. The molecule has 0 radical (unpaired) electrons. The maximum atomic E-state index is 12.5. The van der Waals surface area contributed by atoms with E-state index in [4.69, 9.17) is 17.0 Å². The van der Waals surface area contributed by atoms with Crippen LogP contribution in [0.15, 0.2) is 72.8 Å². The zero-order valence-electron chi connectivity index (χ0n) is 19.4. The number of unbranched alkanes of at least 4 members (excludes halogenated alkanes) is 2. The molecule has 0 aliphatic carbocycles. The Bertz CT molecular complexity index is 1130. The number of thiocarbonyl (C=S) groups is 1. The van der Waals surface area contributed by atoms with Gasteiger partial charge in [0.05, 0.1) is 6.61 Å². The Morgan fingerprint density at radius 2 is 1.56 bits per heavy atom. The zero-order chi connectivity index (χ0) is 24.3. The summed E-state index contributed by atoms with van der Waals surface area (Å²) < 4.78 is 5.68. The molecule has 6 nitrogen and oxygen atoms in total. The molecule has 3 aromatic rings. The summed E-state index contributed by atoms with van der Waals surface area (Å²) >= 11 is 5.29. The van der Waals surface area contributed by atoms with Crippen LogP contribution in [0.5, 0.6) is 5.75 Å². The summed E-state index contributed by atoms with van der Waals surface area (Å²) in [5.74, 6) is 0.256. The molecule has 0 heterocycles. The maximum absolute atomic E-state index is 12.5. The molecule has 0 saturated heterocycles. The third kappa shape index (κ3) is 7.42. The number of benzene rings is 3. The molecule has 0 bridgehead atoms. The molecule has 3 rings (SSSR count). The van der Waals surface area contributed by atoms with Crippen LogP contribution in [0.25, 0.3) is 0 Å². The SMILES string of the molecule is CCCCCOc1ccc(C(=O)NC(=S)Nc2ccc(NC(=O)c3ccccc3)c(C)c2)cc1.